The summed E-state index contributed by atoms with van der Waals surface area (Å²) in [5, 5.41) is 5.51. The normalized spacial score (nSPS) is 15.9. The van der Waals surface area contributed by atoms with E-state index in [2.05, 4.69) is 86.7 Å². The summed E-state index contributed by atoms with van der Waals surface area (Å²) in [6.45, 7) is 4.55. The van der Waals surface area contributed by atoms with Crippen molar-refractivity contribution in [1.29, 1.82) is 0 Å². The van der Waals surface area contributed by atoms with Crippen molar-refractivity contribution in [3.63, 3.8) is 0 Å². The van der Waals surface area contributed by atoms with Crippen molar-refractivity contribution >= 4 is 32.7 Å². The molecule has 29 heavy (non-hydrogen) atoms. The molecule has 2 aliphatic rings. The average Bonchev–Trinajstić information content (AvgIpc) is 2.78. The van der Waals surface area contributed by atoms with Crippen LogP contribution in [0.1, 0.15) is 55.4 Å². The predicted octanol–water partition coefficient (Wildman–Crippen LogP) is 8.71. The number of rotatable bonds is 2. The Morgan fingerprint density at radius 1 is 0.552 bits per heavy atom. The summed E-state index contributed by atoms with van der Waals surface area (Å²) in [6.07, 6.45) is 18.4. The van der Waals surface area contributed by atoms with Crippen LogP contribution in [0.5, 0.6) is 0 Å². The van der Waals surface area contributed by atoms with Crippen molar-refractivity contribution in [3.8, 4) is 0 Å². The van der Waals surface area contributed by atoms with Crippen LogP contribution < -0.4 is 0 Å². The summed E-state index contributed by atoms with van der Waals surface area (Å²) >= 11 is 0. The average molecular weight is 379 g/mol. The van der Waals surface area contributed by atoms with Gasteiger partial charge in [0, 0.05) is 0 Å². The highest BCUT2D eigenvalue weighted by atomic mass is 14.2. The highest BCUT2D eigenvalue weighted by molar-refractivity contribution is 6.07. The molecule has 0 fully saturated rings. The van der Waals surface area contributed by atoms with Crippen LogP contribution in [0.3, 0.4) is 0 Å². The third kappa shape index (κ3) is 3.38. The second kappa shape index (κ2) is 7.87. The number of hydrogen-bond donors (Lipinski definition) is 0. The molecular formula is C29H30. The number of fused-ring (bicyclic) bond motifs is 2. The minimum Gasteiger partial charge on any atom is -0.0836 e. The lowest BCUT2D eigenvalue weighted by Gasteiger charge is -2.16. The third-order valence-corrected chi connectivity index (χ3v) is 6.31. The van der Waals surface area contributed by atoms with Crippen molar-refractivity contribution in [2.75, 3.05) is 0 Å². The maximum atomic E-state index is 2.39. The van der Waals surface area contributed by atoms with Crippen LogP contribution in [0, 0.1) is 13.8 Å². The smallest absolute Gasteiger partial charge is 0.0139 e. The fourth-order valence-electron chi connectivity index (χ4n) is 4.67. The molecule has 0 radical (unpaired) electrons. The van der Waals surface area contributed by atoms with Crippen molar-refractivity contribution in [2.45, 2.75) is 47.0 Å². The molecule has 0 amide bonds. The lowest BCUT2D eigenvalue weighted by Crippen LogP contribution is -1.93. The van der Waals surface area contributed by atoms with Gasteiger partial charge in [-0.15, -0.1) is 0 Å². The number of benzene rings is 3. The summed E-state index contributed by atoms with van der Waals surface area (Å²) in [5.74, 6) is 0. The summed E-state index contributed by atoms with van der Waals surface area (Å²) < 4.78 is 0. The van der Waals surface area contributed by atoms with Crippen LogP contribution in [0.15, 0.2) is 72.9 Å². The molecule has 0 bridgehead atoms. The van der Waals surface area contributed by atoms with Crippen LogP contribution in [-0.4, -0.2) is 0 Å². The second-order valence-electron chi connectivity index (χ2n) is 8.05. The van der Waals surface area contributed by atoms with E-state index in [1.807, 2.05) is 0 Å². The SMILES string of the molecule is C.Cc1c2ccc(C3=CCCC=C3)cc2c(C)c2ccc(C3=CCCC=C3)cc12. The fraction of sp³-hybridized carbons (Fsp3) is 0.241. The lowest BCUT2D eigenvalue weighted by atomic mass is 9.88. The van der Waals surface area contributed by atoms with Gasteiger partial charge < -0.3 is 0 Å². The molecule has 0 heterocycles. The summed E-state index contributed by atoms with van der Waals surface area (Å²) in [7, 11) is 0. The van der Waals surface area contributed by atoms with E-state index in [4.69, 9.17) is 0 Å². The Morgan fingerprint density at radius 2 is 1.00 bits per heavy atom. The van der Waals surface area contributed by atoms with Gasteiger partial charge in [0.25, 0.3) is 0 Å². The van der Waals surface area contributed by atoms with Gasteiger partial charge in [0.2, 0.25) is 0 Å². The van der Waals surface area contributed by atoms with Crippen molar-refractivity contribution in [1.82, 2.24) is 0 Å². The maximum absolute atomic E-state index is 2.39. The molecule has 0 saturated heterocycles. The lowest BCUT2D eigenvalue weighted by molar-refractivity contribution is 1.04. The highest BCUT2D eigenvalue weighted by Gasteiger charge is 2.12. The van der Waals surface area contributed by atoms with Gasteiger partial charge in [0.1, 0.15) is 0 Å². The molecular weight excluding hydrogens is 348 g/mol. The summed E-state index contributed by atoms with van der Waals surface area (Å²) in [5.41, 5.74) is 8.15. The standard InChI is InChI=1S/C28H26.CH4/c1-19-25-15-13-24(22-11-7-4-8-12-22)18-28(25)20(2)26-16-14-23(17-27(19)26)21-9-5-3-6-10-21;/h5,7,9-18H,3-4,6,8H2,1-2H3;1H4. The Morgan fingerprint density at radius 3 is 1.38 bits per heavy atom. The zero-order valence-corrected chi connectivity index (χ0v) is 16.8. The monoisotopic (exact) mass is 378 g/mol. The van der Waals surface area contributed by atoms with Crippen LogP contribution in [0.25, 0.3) is 32.7 Å². The molecule has 0 spiro atoms. The van der Waals surface area contributed by atoms with Gasteiger partial charge in [0.05, 0.1) is 0 Å². The van der Waals surface area contributed by atoms with Gasteiger partial charge in [-0.25, -0.2) is 0 Å². The largest absolute Gasteiger partial charge is 0.0836 e. The second-order valence-corrected chi connectivity index (χ2v) is 8.05. The van der Waals surface area contributed by atoms with Crippen molar-refractivity contribution in [2.24, 2.45) is 0 Å². The molecule has 0 saturated carbocycles. The first-order valence-corrected chi connectivity index (χ1v) is 10.4. The Bertz CT molecular complexity index is 1110. The Labute approximate surface area is 175 Å². The molecule has 0 nitrogen and oxygen atoms in total. The Balaban J connectivity index is 0.00000205. The van der Waals surface area contributed by atoms with E-state index < -0.39 is 0 Å². The first-order valence-electron chi connectivity index (χ1n) is 10.4. The Hall–Kier alpha value is -2.86. The van der Waals surface area contributed by atoms with Gasteiger partial charge in [-0.1, -0.05) is 68.1 Å². The van der Waals surface area contributed by atoms with Crippen molar-refractivity contribution in [3.05, 3.63) is 95.1 Å². The minimum absolute atomic E-state index is 0. The van der Waals surface area contributed by atoms with Crippen LogP contribution in [-0.2, 0) is 0 Å². The molecule has 5 rings (SSSR count). The molecule has 3 aromatic carbocycles. The number of aryl methyl sites for hydroxylation is 2. The summed E-state index contributed by atoms with van der Waals surface area (Å²) in [4.78, 5) is 0. The van der Waals surface area contributed by atoms with E-state index in [0.717, 1.165) is 25.7 Å². The highest BCUT2D eigenvalue weighted by Crippen LogP contribution is 2.36. The number of hydrogen-bond acceptors (Lipinski definition) is 0. The topological polar surface area (TPSA) is 0 Å². The molecule has 2 aliphatic carbocycles. The predicted molar refractivity (Wildman–Crippen MR) is 130 cm³/mol. The quantitative estimate of drug-likeness (QED) is 0.391. The van der Waals surface area contributed by atoms with E-state index >= 15 is 0 Å². The zero-order valence-electron chi connectivity index (χ0n) is 16.8. The van der Waals surface area contributed by atoms with E-state index in [0.29, 0.717) is 0 Å². The first kappa shape index (κ1) is 19.5. The Kier molecular flexibility index (Phi) is 5.28. The van der Waals surface area contributed by atoms with Gasteiger partial charge in [-0.05, 0) is 107 Å². The van der Waals surface area contributed by atoms with Crippen LogP contribution >= 0.6 is 0 Å². The zero-order chi connectivity index (χ0) is 19.1. The van der Waals surface area contributed by atoms with E-state index in [9.17, 15) is 0 Å². The number of allylic oxidation sites excluding steroid dienone is 8. The third-order valence-electron chi connectivity index (χ3n) is 6.31. The van der Waals surface area contributed by atoms with Crippen LogP contribution in [0.4, 0.5) is 0 Å². The van der Waals surface area contributed by atoms with E-state index in [1.165, 1.54) is 54.9 Å². The first-order chi connectivity index (χ1) is 13.7. The van der Waals surface area contributed by atoms with Crippen LogP contribution in [0.2, 0.25) is 0 Å². The minimum atomic E-state index is 0. The van der Waals surface area contributed by atoms with Crippen molar-refractivity contribution < 1.29 is 0 Å². The molecule has 3 aromatic rings. The molecule has 0 aliphatic heterocycles. The van der Waals surface area contributed by atoms with Gasteiger partial charge in [-0.3, -0.25) is 0 Å². The maximum Gasteiger partial charge on any atom is -0.0139 e. The fourth-order valence-corrected chi connectivity index (χ4v) is 4.67. The summed E-state index contributed by atoms with van der Waals surface area (Å²) in [6, 6.07) is 14.0. The van der Waals surface area contributed by atoms with Gasteiger partial charge in [0.15, 0.2) is 0 Å². The van der Waals surface area contributed by atoms with Gasteiger partial charge in [-0.2, -0.15) is 0 Å². The van der Waals surface area contributed by atoms with Gasteiger partial charge >= 0.3 is 0 Å². The molecule has 0 N–H and O–H groups in total. The van der Waals surface area contributed by atoms with E-state index in [1.54, 1.807) is 0 Å². The molecule has 0 unspecified atom stereocenters. The molecule has 0 heteroatoms. The van der Waals surface area contributed by atoms with E-state index in [-0.39, 0.29) is 7.43 Å². The molecule has 0 atom stereocenters. The molecule has 0 aromatic heterocycles. The molecule has 146 valence electrons.